The fourth-order valence-electron chi connectivity index (χ4n) is 8.42. The fraction of sp³-hybridized carbons (Fsp3) is 0. The molecule has 12 rings (SSSR count). The number of thiophene rings is 1. The number of para-hydroxylation sites is 2. The standard InChI is InChI=1S/C51H30N4OS/c1-3-13-31(14-4-1)32-15-11-16-33(27-32)49-52-50(54-51(53-49)38-21-12-24-47-48(38)37-20-8-10-23-46(37)57-47)34-25-26-44-40(28-34)41-29-43-39(30-45(41)56-44)36-19-7-9-22-42(36)55(43)35-17-5-2-6-18-35/h1-30H. The quantitative estimate of drug-likeness (QED) is 0.176. The third kappa shape index (κ3) is 5.12. The SMILES string of the molecule is c1ccc(-c2cccc(-c3nc(-c4ccc5oc6cc7c8ccccc8n(-c8ccccc8)c7cc6c5c4)nc(-c4cccc5sc6ccccc6c45)n3)c2)cc1. The Labute approximate surface area is 330 Å². The molecule has 0 aliphatic heterocycles. The van der Waals surface area contributed by atoms with E-state index in [0.717, 1.165) is 77.2 Å². The van der Waals surface area contributed by atoms with Crippen LogP contribution in [0.4, 0.5) is 0 Å². The van der Waals surface area contributed by atoms with Crippen LogP contribution in [0.1, 0.15) is 0 Å². The molecule has 0 spiro atoms. The zero-order valence-electron chi connectivity index (χ0n) is 30.4. The summed E-state index contributed by atoms with van der Waals surface area (Å²) in [4.78, 5) is 15.7. The van der Waals surface area contributed by atoms with Crippen molar-refractivity contribution in [1.82, 2.24) is 19.5 Å². The number of fused-ring (bicyclic) bond motifs is 9. The van der Waals surface area contributed by atoms with Gasteiger partial charge in [-0.2, -0.15) is 0 Å². The molecule has 8 aromatic carbocycles. The van der Waals surface area contributed by atoms with Crippen molar-refractivity contribution in [2.24, 2.45) is 0 Å². The van der Waals surface area contributed by atoms with Gasteiger partial charge in [-0.05, 0) is 77.9 Å². The van der Waals surface area contributed by atoms with Crippen molar-refractivity contribution < 1.29 is 4.42 Å². The Hall–Kier alpha value is -7.41. The molecule has 0 N–H and O–H groups in total. The van der Waals surface area contributed by atoms with Crippen molar-refractivity contribution in [2.75, 3.05) is 0 Å². The van der Waals surface area contributed by atoms with Crippen LogP contribution >= 0.6 is 11.3 Å². The van der Waals surface area contributed by atoms with Crippen molar-refractivity contribution in [3.63, 3.8) is 0 Å². The average molecular weight is 747 g/mol. The van der Waals surface area contributed by atoms with Crippen LogP contribution in [0.5, 0.6) is 0 Å². The number of hydrogen-bond acceptors (Lipinski definition) is 5. The summed E-state index contributed by atoms with van der Waals surface area (Å²) in [5, 5.41) is 6.76. The molecule has 57 heavy (non-hydrogen) atoms. The lowest BCUT2D eigenvalue weighted by Gasteiger charge is -2.11. The molecule has 0 amide bonds. The second kappa shape index (κ2) is 12.6. The van der Waals surface area contributed by atoms with Gasteiger partial charge in [0.15, 0.2) is 17.5 Å². The molecule has 0 radical (unpaired) electrons. The molecule has 0 unspecified atom stereocenters. The minimum atomic E-state index is 0.604. The van der Waals surface area contributed by atoms with Gasteiger partial charge in [0.2, 0.25) is 0 Å². The minimum Gasteiger partial charge on any atom is -0.456 e. The molecular formula is C51H30N4OS. The second-order valence-corrected chi connectivity index (χ2v) is 15.5. The van der Waals surface area contributed by atoms with Gasteiger partial charge in [0.25, 0.3) is 0 Å². The first kappa shape index (κ1) is 31.9. The third-order valence-corrected chi connectivity index (χ3v) is 12.2. The monoisotopic (exact) mass is 746 g/mol. The minimum absolute atomic E-state index is 0.604. The van der Waals surface area contributed by atoms with Crippen molar-refractivity contribution in [2.45, 2.75) is 0 Å². The summed E-state index contributed by atoms with van der Waals surface area (Å²) in [7, 11) is 0. The highest BCUT2D eigenvalue weighted by Gasteiger charge is 2.20. The third-order valence-electron chi connectivity index (χ3n) is 11.0. The number of hydrogen-bond donors (Lipinski definition) is 0. The fourth-order valence-corrected chi connectivity index (χ4v) is 9.55. The van der Waals surface area contributed by atoms with E-state index in [-0.39, 0.29) is 0 Å². The number of furan rings is 1. The largest absolute Gasteiger partial charge is 0.456 e. The molecule has 266 valence electrons. The van der Waals surface area contributed by atoms with Crippen LogP contribution in [-0.4, -0.2) is 19.5 Å². The Bertz CT molecular complexity index is 3530. The van der Waals surface area contributed by atoms with Gasteiger partial charge >= 0.3 is 0 Å². The zero-order chi connectivity index (χ0) is 37.5. The van der Waals surface area contributed by atoms with E-state index in [9.17, 15) is 0 Å². The van der Waals surface area contributed by atoms with Crippen LogP contribution in [0.25, 0.3) is 115 Å². The van der Waals surface area contributed by atoms with Gasteiger partial charge < -0.3 is 8.98 Å². The Kier molecular flexibility index (Phi) is 7.03. The maximum absolute atomic E-state index is 6.58. The van der Waals surface area contributed by atoms with E-state index in [2.05, 4.69) is 174 Å². The molecule has 4 heterocycles. The Morgan fingerprint density at radius 1 is 0.386 bits per heavy atom. The molecule has 12 aromatic rings. The topological polar surface area (TPSA) is 56.7 Å². The van der Waals surface area contributed by atoms with E-state index < -0.39 is 0 Å². The first-order valence-electron chi connectivity index (χ1n) is 19.0. The van der Waals surface area contributed by atoms with Gasteiger partial charge in [0.1, 0.15) is 11.2 Å². The predicted molar refractivity (Wildman–Crippen MR) is 236 cm³/mol. The van der Waals surface area contributed by atoms with E-state index in [0.29, 0.717) is 17.5 Å². The molecule has 0 fully saturated rings. The second-order valence-electron chi connectivity index (χ2n) is 14.4. The predicted octanol–water partition coefficient (Wildman–Crippen LogP) is 13.9. The molecule has 4 aromatic heterocycles. The smallest absolute Gasteiger partial charge is 0.164 e. The van der Waals surface area contributed by atoms with E-state index in [1.165, 1.54) is 20.2 Å². The van der Waals surface area contributed by atoms with E-state index >= 15 is 0 Å². The van der Waals surface area contributed by atoms with Crippen LogP contribution in [0, 0.1) is 0 Å². The van der Waals surface area contributed by atoms with Gasteiger partial charge in [-0.25, -0.2) is 15.0 Å². The molecule has 0 aliphatic carbocycles. The van der Waals surface area contributed by atoms with Crippen molar-refractivity contribution in [1.29, 1.82) is 0 Å². The molecule has 0 bridgehead atoms. The normalized spacial score (nSPS) is 11.9. The van der Waals surface area contributed by atoms with Gasteiger partial charge in [0, 0.05) is 64.1 Å². The molecule has 0 saturated heterocycles. The van der Waals surface area contributed by atoms with E-state index in [4.69, 9.17) is 19.4 Å². The Morgan fingerprint density at radius 2 is 1.04 bits per heavy atom. The number of aromatic nitrogens is 4. The van der Waals surface area contributed by atoms with Gasteiger partial charge in [-0.3, -0.25) is 0 Å². The highest BCUT2D eigenvalue weighted by atomic mass is 32.1. The van der Waals surface area contributed by atoms with Crippen molar-refractivity contribution in [3.05, 3.63) is 182 Å². The van der Waals surface area contributed by atoms with E-state index in [1.807, 2.05) is 12.1 Å². The van der Waals surface area contributed by atoms with Crippen LogP contribution < -0.4 is 0 Å². The molecule has 5 nitrogen and oxygen atoms in total. The van der Waals surface area contributed by atoms with Crippen molar-refractivity contribution >= 4 is 75.3 Å². The first-order chi connectivity index (χ1) is 28.2. The van der Waals surface area contributed by atoms with Crippen LogP contribution in [0.15, 0.2) is 186 Å². The summed E-state index contributed by atoms with van der Waals surface area (Å²) in [6, 6.07) is 63.7. The summed E-state index contributed by atoms with van der Waals surface area (Å²) in [6.45, 7) is 0. The lowest BCUT2D eigenvalue weighted by atomic mass is 10.0. The molecule has 0 aliphatic rings. The highest BCUT2D eigenvalue weighted by Crippen LogP contribution is 2.42. The van der Waals surface area contributed by atoms with Gasteiger partial charge in [0.05, 0.1) is 11.0 Å². The first-order valence-corrected chi connectivity index (χ1v) is 19.8. The summed E-state index contributed by atoms with van der Waals surface area (Å²) in [5.41, 5.74) is 10.1. The summed E-state index contributed by atoms with van der Waals surface area (Å²) < 4.78 is 11.4. The number of rotatable bonds is 5. The Balaban J connectivity index is 1.09. The highest BCUT2D eigenvalue weighted by molar-refractivity contribution is 7.25. The van der Waals surface area contributed by atoms with Crippen LogP contribution in [0.2, 0.25) is 0 Å². The maximum Gasteiger partial charge on any atom is 0.164 e. The zero-order valence-corrected chi connectivity index (χ0v) is 31.2. The van der Waals surface area contributed by atoms with Gasteiger partial charge in [-0.1, -0.05) is 115 Å². The van der Waals surface area contributed by atoms with Crippen molar-refractivity contribution in [3.8, 4) is 51.0 Å². The van der Waals surface area contributed by atoms with Crippen LogP contribution in [-0.2, 0) is 0 Å². The number of benzene rings is 8. The average Bonchev–Trinajstić information content (AvgIpc) is 3.95. The lowest BCUT2D eigenvalue weighted by Crippen LogP contribution is -2.00. The molecule has 0 atom stereocenters. The summed E-state index contributed by atoms with van der Waals surface area (Å²) in [6.07, 6.45) is 0. The molecule has 6 heteroatoms. The Morgan fingerprint density at radius 3 is 1.89 bits per heavy atom. The lowest BCUT2D eigenvalue weighted by molar-refractivity contribution is 0.669. The molecule has 0 saturated carbocycles. The molecular weight excluding hydrogens is 717 g/mol. The number of nitrogens with zero attached hydrogens (tertiary/aromatic N) is 4. The van der Waals surface area contributed by atoms with Crippen LogP contribution in [0.3, 0.4) is 0 Å². The summed E-state index contributed by atoms with van der Waals surface area (Å²) >= 11 is 1.79. The maximum atomic E-state index is 6.58. The summed E-state index contributed by atoms with van der Waals surface area (Å²) in [5.74, 6) is 1.86. The van der Waals surface area contributed by atoms with Gasteiger partial charge in [-0.15, -0.1) is 11.3 Å². The van der Waals surface area contributed by atoms with E-state index in [1.54, 1.807) is 11.3 Å².